The molecule has 0 saturated carbocycles. The van der Waals surface area contributed by atoms with Gasteiger partial charge in [0.2, 0.25) is 0 Å². The molecule has 1 heterocycles. The number of nitrogens with one attached hydrogen (secondary N) is 2. The van der Waals surface area contributed by atoms with Crippen LogP contribution in [0.4, 0.5) is 5.69 Å². The molecule has 2 aromatic rings. The van der Waals surface area contributed by atoms with E-state index in [0.29, 0.717) is 0 Å². The first kappa shape index (κ1) is 10.2. The Labute approximate surface area is 97.0 Å². The fourth-order valence-electron chi connectivity index (χ4n) is 1.32. The van der Waals surface area contributed by atoms with Crippen molar-refractivity contribution in [3.05, 3.63) is 46.2 Å². The summed E-state index contributed by atoms with van der Waals surface area (Å²) < 4.78 is 1.09. The Morgan fingerprint density at radius 1 is 1.33 bits per heavy atom. The monoisotopic (exact) mass is 265 g/mol. The fourth-order valence-corrected chi connectivity index (χ4v) is 1.58. The number of hydrogen-bond donors (Lipinski definition) is 2. The SMILES string of the molecule is Cc1[nH]ncc1CNc1ccc(Br)cc1. The third-order valence-corrected chi connectivity index (χ3v) is 2.79. The van der Waals surface area contributed by atoms with Crippen molar-refractivity contribution in [2.24, 2.45) is 0 Å². The van der Waals surface area contributed by atoms with Crippen molar-refractivity contribution < 1.29 is 0 Å². The van der Waals surface area contributed by atoms with Crippen LogP contribution in [0.3, 0.4) is 0 Å². The third-order valence-electron chi connectivity index (χ3n) is 2.26. The zero-order chi connectivity index (χ0) is 10.7. The molecule has 0 aliphatic heterocycles. The molecule has 3 nitrogen and oxygen atoms in total. The minimum Gasteiger partial charge on any atom is -0.381 e. The Balaban J connectivity index is 1.99. The molecule has 0 spiro atoms. The van der Waals surface area contributed by atoms with E-state index in [-0.39, 0.29) is 0 Å². The smallest absolute Gasteiger partial charge is 0.0539 e. The Morgan fingerprint density at radius 3 is 2.67 bits per heavy atom. The molecule has 4 heteroatoms. The van der Waals surface area contributed by atoms with Gasteiger partial charge in [-0.1, -0.05) is 15.9 Å². The van der Waals surface area contributed by atoms with E-state index in [4.69, 9.17) is 0 Å². The van der Waals surface area contributed by atoms with Crippen LogP contribution < -0.4 is 5.32 Å². The van der Waals surface area contributed by atoms with Crippen LogP contribution in [-0.2, 0) is 6.54 Å². The van der Waals surface area contributed by atoms with Gasteiger partial charge in [-0.2, -0.15) is 5.10 Å². The maximum atomic E-state index is 3.98. The second-order valence-corrected chi connectivity index (χ2v) is 4.30. The molecule has 0 radical (unpaired) electrons. The molecular formula is C11H12BrN3. The van der Waals surface area contributed by atoms with E-state index in [1.807, 2.05) is 37.4 Å². The quantitative estimate of drug-likeness (QED) is 0.896. The molecule has 0 amide bonds. The number of aryl methyl sites for hydroxylation is 1. The average molecular weight is 266 g/mol. The molecule has 2 N–H and O–H groups in total. The van der Waals surface area contributed by atoms with E-state index < -0.39 is 0 Å². The lowest BCUT2D eigenvalue weighted by Gasteiger charge is -2.05. The summed E-state index contributed by atoms with van der Waals surface area (Å²) in [5, 5.41) is 10.2. The van der Waals surface area contributed by atoms with Gasteiger partial charge >= 0.3 is 0 Å². The van der Waals surface area contributed by atoms with Crippen LogP contribution in [0.2, 0.25) is 0 Å². The van der Waals surface area contributed by atoms with E-state index in [0.717, 1.165) is 22.4 Å². The number of benzene rings is 1. The first-order chi connectivity index (χ1) is 7.25. The Hall–Kier alpha value is -1.29. The van der Waals surface area contributed by atoms with Crippen molar-refractivity contribution in [1.29, 1.82) is 0 Å². The van der Waals surface area contributed by atoms with Crippen molar-refractivity contribution in [2.45, 2.75) is 13.5 Å². The van der Waals surface area contributed by atoms with Crippen LogP contribution in [0.25, 0.3) is 0 Å². The number of H-pyrrole nitrogens is 1. The maximum Gasteiger partial charge on any atom is 0.0539 e. The van der Waals surface area contributed by atoms with Crippen molar-refractivity contribution in [1.82, 2.24) is 10.2 Å². The Bertz CT molecular complexity index is 433. The molecule has 1 aromatic heterocycles. The summed E-state index contributed by atoms with van der Waals surface area (Å²) in [7, 11) is 0. The lowest BCUT2D eigenvalue weighted by atomic mass is 10.2. The Kier molecular flexibility index (Phi) is 3.06. The predicted molar refractivity (Wildman–Crippen MR) is 64.8 cm³/mol. The van der Waals surface area contributed by atoms with Gasteiger partial charge in [0.05, 0.1) is 6.20 Å². The Morgan fingerprint density at radius 2 is 2.07 bits per heavy atom. The van der Waals surface area contributed by atoms with E-state index in [9.17, 15) is 0 Å². The number of aromatic amines is 1. The first-order valence-electron chi connectivity index (χ1n) is 4.74. The summed E-state index contributed by atoms with van der Waals surface area (Å²) in [5.74, 6) is 0. The number of rotatable bonds is 3. The van der Waals surface area contributed by atoms with Gasteiger partial charge in [-0.05, 0) is 31.2 Å². The number of halogens is 1. The zero-order valence-corrected chi connectivity index (χ0v) is 10.0. The molecule has 78 valence electrons. The largest absolute Gasteiger partial charge is 0.381 e. The van der Waals surface area contributed by atoms with Gasteiger partial charge in [-0.15, -0.1) is 0 Å². The number of nitrogens with zero attached hydrogens (tertiary/aromatic N) is 1. The summed E-state index contributed by atoms with van der Waals surface area (Å²) in [6.45, 7) is 2.82. The van der Waals surface area contributed by atoms with Gasteiger partial charge in [0.15, 0.2) is 0 Å². The molecule has 0 aliphatic carbocycles. The van der Waals surface area contributed by atoms with Gasteiger partial charge in [0.1, 0.15) is 0 Å². The summed E-state index contributed by atoms with van der Waals surface area (Å²) in [6, 6.07) is 8.12. The third kappa shape index (κ3) is 2.59. The first-order valence-corrected chi connectivity index (χ1v) is 5.53. The molecule has 0 atom stereocenters. The van der Waals surface area contributed by atoms with Crippen LogP contribution in [0.15, 0.2) is 34.9 Å². The molecular weight excluding hydrogens is 254 g/mol. The lowest BCUT2D eigenvalue weighted by Crippen LogP contribution is -1.99. The van der Waals surface area contributed by atoms with Gasteiger partial charge in [-0.3, -0.25) is 5.10 Å². The molecule has 0 bridgehead atoms. The summed E-state index contributed by atoms with van der Waals surface area (Å²) >= 11 is 3.40. The number of anilines is 1. The molecule has 0 fully saturated rings. The minimum atomic E-state index is 0.796. The normalized spacial score (nSPS) is 10.3. The highest BCUT2D eigenvalue weighted by atomic mass is 79.9. The molecule has 2 rings (SSSR count). The van der Waals surface area contributed by atoms with Gasteiger partial charge in [0, 0.05) is 28.0 Å². The van der Waals surface area contributed by atoms with Crippen molar-refractivity contribution in [2.75, 3.05) is 5.32 Å². The average Bonchev–Trinajstić information content (AvgIpc) is 2.63. The van der Waals surface area contributed by atoms with Crippen LogP contribution in [-0.4, -0.2) is 10.2 Å². The van der Waals surface area contributed by atoms with E-state index >= 15 is 0 Å². The van der Waals surface area contributed by atoms with E-state index in [1.54, 1.807) is 0 Å². The highest BCUT2D eigenvalue weighted by molar-refractivity contribution is 9.10. The van der Waals surface area contributed by atoms with Crippen LogP contribution in [0, 0.1) is 6.92 Å². The number of hydrogen-bond acceptors (Lipinski definition) is 2. The summed E-state index contributed by atoms with van der Waals surface area (Å²) in [4.78, 5) is 0. The predicted octanol–water partition coefficient (Wildman–Crippen LogP) is 3.09. The van der Waals surface area contributed by atoms with Gasteiger partial charge in [0.25, 0.3) is 0 Å². The molecule has 15 heavy (non-hydrogen) atoms. The molecule has 1 aromatic carbocycles. The van der Waals surface area contributed by atoms with Crippen molar-refractivity contribution in [3.8, 4) is 0 Å². The van der Waals surface area contributed by atoms with Crippen molar-refractivity contribution >= 4 is 21.6 Å². The molecule has 0 saturated heterocycles. The molecule has 0 aliphatic rings. The molecule has 0 unspecified atom stereocenters. The highest BCUT2D eigenvalue weighted by Crippen LogP contribution is 2.15. The van der Waals surface area contributed by atoms with Crippen LogP contribution in [0.5, 0.6) is 0 Å². The van der Waals surface area contributed by atoms with Gasteiger partial charge in [-0.25, -0.2) is 0 Å². The topological polar surface area (TPSA) is 40.7 Å². The van der Waals surface area contributed by atoms with Gasteiger partial charge < -0.3 is 5.32 Å². The standard InChI is InChI=1S/C11H12BrN3/c1-8-9(7-14-15-8)6-13-11-4-2-10(12)3-5-11/h2-5,7,13H,6H2,1H3,(H,14,15). The zero-order valence-electron chi connectivity index (χ0n) is 8.42. The summed E-state index contributed by atoms with van der Waals surface area (Å²) in [6.07, 6.45) is 1.85. The summed E-state index contributed by atoms with van der Waals surface area (Å²) in [5.41, 5.74) is 3.41. The fraction of sp³-hybridized carbons (Fsp3) is 0.182. The van der Waals surface area contributed by atoms with E-state index in [1.165, 1.54) is 5.56 Å². The highest BCUT2D eigenvalue weighted by Gasteiger charge is 1.99. The van der Waals surface area contributed by atoms with Crippen molar-refractivity contribution in [3.63, 3.8) is 0 Å². The maximum absolute atomic E-state index is 3.98. The minimum absolute atomic E-state index is 0.796. The second-order valence-electron chi connectivity index (χ2n) is 3.38. The number of aromatic nitrogens is 2. The van der Waals surface area contributed by atoms with Crippen LogP contribution >= 0.6 is 15.9 Å². The van der Waals surface area contributed by atoms with E-state index in [2.05, 4.69) is 31.4 Å². The lowest BCUT2D eigenvalue weighted by molar-refractivity contribution is 1.04. The van der Waals surface area contributed by atoms with Crippen LogP contribution in [0.1, 0.15) is 11.3 Å². The second kappa shape index (κ2) is 4.49.